The largest absolute Gasteiger partial charge is 0.478 e. The molecule has 3 nitrogen and oxygen atoms in total. The maximum Gasteiger partial charge on any atom is 0.338 e. The second kappa shape index (κ2) is 3.57. The number of hydrogen-bond donors (Lipinski definition) is 2. The number of anilines is 1. The number of carboxylic acids is 1. The van der Waals surface area contributed by atoms with E-state index in [4.69, 9.17) is 10.8 Å². The standard InChI is InChI=1S/C9H9BrFNO2/c1-3-4(2)6(10)7(11)8(12)5(3)9(13)14/h12H2,1-2H3,(H,13,14). The van der Waals surface area contributed by atoms with Crippen molar-refractivity contribution >= 4 is 27.6 Å². The Morgan fingerprint density at radius 1 is 1.43 bits per heavy atom. The molecular formula is C9H9BrFNO2. The normalized spacial score (nSPS) is 10.3. The topological polar surface area (TPSA) is 63.3 Å². The lowest BCUT2D eigenvalue weighted by Crippen LogP contribution is -2.09. The zero-order valence-corrected chi connectivity index (χ0v) is 9.27. The molecule has 0 atom stereocenters. The number of halogens is 2. The van der Waals surface area contributed by atoms with Crippen LogP contribution in [-0.4, -0.2) is 11.1 Å². The van der Waals surface area contributed by atoms with Gasteiger partial charge in [0.1, 0.15) is 0 Å². The fourth-order valence-electron chi connectivity index (χ4n) is 1.22. The second-order valence-electron chi connectivity index (χ2n) is 2.97. The van der Waals surface area contributed by atoms with Gasteiger partial charge in [0.05, 0.1) is 15.7 Å². The summed E-state index contributed by atoms with van der Waals surface area (Å²) in [7, 11) is 0. The zero-order chi connectivity index (χ0) is 11.0. The van der Waals surface area contributed by atoms with E-state index >= 15 is 0 Å². The molecule has 1 rings (SSSR count). The Morgan fingerprint density at radius 3 is 2.36 bits per heavy atom. The molecular weight excluding hydrogens is 253 g/mol. The molecule has 0 aromatic heterocycles. The first-order valence-electron chi connectivity index (χ1n) is 3.84. The van der Waals surface area contributed by atoms with Gasteiger partial charge in [0.2, 0.25) is 0 Å². The molecule has 0 amide bonds. The van der Waals surface area contributed by atoms with E-state index in [1.165, 1.54) is 0 Å². The van der Waals surface area contributed by atoms with Crippen molar-refractivity contribution in [1.29, 1.82) is 0 Å². The molecule has 76 valence electrons. The van der Waals surface area contributed by atoms with Crippen LogP contribution < -0.4 is 5.73 Å². The molecule has 3 N–H and O–H groups in total. The number of nitrogens with two attached hydrogens (primary N) is 1. The van der Waals surface area contributed by atoms with Crippen LogP contribution in [0, 0.1) is 19.7 Å². The van der Waals surface area contributed by atoms with Gasteiger partial charge >= 0.3 is 5.97 Å². The van der Waals surface area contributed by atoms with E-state index in [9.17, 15) is 9.18 Å². The average Bonchev–Trinajstić information content (AvgIpc) is 2.11. The van der Waals surface area contributed by atoms with Gasteiger partial charge < -0.3 is 10.8 Å². The highest BCUT2D eigenvalue weighted by atomic mass is 79.9. The molecule has 0 aliphatic rings. The minimum Gasteiger partial charge on any atom is -0.478 e. The maximum absolute atomic E-state index is 13.4. The van der Waals surface area contributed by atoms with Crippen molar-refractivity contribution in [2.75, 3.05) is 5.73 Å². The molecule has 0 unspecified atom stereocenters. The monoisotopic (exact) mass is 261 g/mol. The van der Waals surface area contributed by atoms with E-state index in [0.717, 1.165) is 0 Å². The lowest BCUT2D eigenvalue weighted by Gasteiger charge is -2.11. The van der Waals surface area contributed by atoms with Crippen LogP contribution in [-0.2, 0) is 0 Å². The fraction of sp³-hybridized carbons (Fsp3) is 0.222. The summed E-state index contributed by atoms with van der Waals surface area (Å²) in [6.45, 7) is 3.23. The lowest BCUT2D eigenvalue weighted by molar-refractivity contribution is 0.0696. The molecule has 0 aliphatic carbocycles. The summed E-state index contributed by atoms with van der Waals surface area (Å²) < 4.78 is 13.6. The summed E-state index contributed by atoms with van der Waals surface area (Å²) in [4.78, 5) is 10.8. The summed E-state index contributed by atoms with van der Waals surface area (Å²) in [5.41, 5.74) is 5.90. The first-order chi connectivity index (χ1) is 6.37. The second-order valence-corrected chi connectivity index (χ2v) is 3.76. The predicted molar refractivity (Wildman–Crippen MR) is 54.9 cm³/mol. The van der Waals surface area contributed by atoms with Gasteiger partial charge in [0.25, 0.3) is 0 Å². The number of hydrogen-bond acceptors (Lipinski definition) is 2. The molecule has 0 radical (unpaired) electrons. The van der Waals surface area contributed by atoms with Crippen LogP contribution in [0.1, 0.15) is 21.5 Å². The molecule has 0 bridgehead atoms. The van der Waals surface area contributed by atoms with Gasteiger partial charge in [0.15, 0.2) is 5.82 Å². The summed E-state index contributed by atoms with van der Waals surface area (Å²) in [6, 6.07) is 0. The Balaban J connectivity index is 3.68. The van der Waals surface area contributed by atoms with Gasteiger partial charge in [0, 0.05) is 0 Å². The van der Waals surface area contributed by atoms with Gasteiger partial charge in [-0.3, -0.25) is 0 Å². The van der Waals surface area contributed by atoms with E-state index < -0.39 is 11.8 Å². The van der Waals surface area contributed by atoms with Crippen molar-refractivity contribution in [3.63, 3.8) is 0 Å². The van der Waals surface area contributed by atoms with Crippen LogP contribution >= 0.6 is 15.9 Å². The first-order valence-corrected chi connectivity index (χ1v) is 4.64. The number of nitrogen functional groups attached to an aromatic ring is 1. The average molecular weight is 262 g/mol. The summed E-state index contributed by atoms with van der Waals surface area (Å²) >= 11 is 3.02. The number of benzene rings is 1. The Labute approximate surface area is 88.9 Å². The van der Waals surface area contributed by atoms with E-state index in [1.807, 2.05) is 0 Å². The van der Waals surface area contributed by atoms with E-state index in [2.05, 4.69) is 15.9 Å². The molecule has 0 fully saturated rings. The number of rotatable bonds is 1. The molecule has 14 heavy (non-hydrogen) atoms. The number of aromatic carboxylic acids is 1. The van der Waals surface area contributed by atoms with Crippen molar-refractivity contribution in [3.8, 4) is 0 Å². The Hall–Kier alpha value is -1.10. The summed E-state index contributed by atoms with van der Waals surface area (Å²) in [5.74, 6) is -1.93. The van der Waals surface area contributed by atoms with Gasteiger partial charge in [-0.05, 0) is 40.9 Å². The Morgan fingerprint density at radius 2 is 1.93 bits per heavy atom. The van der Waals surface area contributed by atoms with Gasteiger partial charge in [-0.15, -0.1) is 0 Å². The third kappa shape index (κ3) is 1.48. The molecule has 0 saturated carbocycles. The maximum atomic E-state index is 13.4. The van der Waals surface area contributed by atoms with Crippen LogP contribution in [0.5, 0.6) is 0 Å². The molecule has 1 aromatic carbocycles. The molecule has 0 aliphatic heterocycles. The smallest absolute Gasteiger partial charge is 0.338 e. The SMILES string of the molecule is Cc1c(C)c(C(=O)O)c(N)c(F)c1Br. The first kappa shape index (κ1) is 11.0. The molecule has 5 heteroatoms. The summed E-state index contributed by atoms with van der Waals surface area (Å²) in [6.07, 6.45) is 0. The Kier molecular flexibility index (Phi) is 2.80. The van der Waals surface area contributed by atoms with Crippen LogP contribution in [0.15, 0.2) is 4.47 Å². The molecule has 0 heterocycles. The van der Waals surface area contributed by atoms with Crippen LogP contribution in [0.2, 0.25) is 0 Å². The third-order valence-corrected chi connectivity index (χ3v) is 3.12. The minimum absolute atomic E-state index is 0.164. The van der Waals surface area contributed by atoms with Crippen LogP contribution in [0.25, 0.3) is 0 Å². The minimum atomic E-state index is -1.21. The number of carbonyl (C=O) groups is 1. The Bertz CT molecular complexity index is 389. The molecule has 0 spiro atoms. The van der Waals surface area contributed by atoms with Crippen LogP contribution in [0.4, 0.5) is 10.1 Å². The fourth-order valence-corrected chi connectivity index (χ4v) is 1.73. The number of carboxylic acid groups (broad SMARTS) is 1. The third-order valence-electron chi connectivity index (χ3n) is 2.18. The highest BCUT2D eigenvalue weighted by molar-refractivity contribution is 9.10. The van der Waals surface area contributed by atoms with Gasteiger partial charge in [-0.1, -0.05) is 0 Å². The van der Waals surface area contributed by atoms with Crippen molar-refractivity contribution in [1.82, 2.24) is 0 Å². The van der Waals surface area contributed by atoms with Crippen molar-refractivity contribution in [2.24, 2.45) is 0 Å². The van der Waals surface area contributed by atoms with Crippen molar-refractivity contribution in [2.45, 2.75) is 13.8 Å². The highest BCUT2D eigenvalue weighted by Crippen LogP contribution is 2.31. The van der Waals surface area contributed by atoms with Gasteiger partial charge in [-0.2, -0.15) is 0 Å². The summed E-state index contributed by atoms with van der Waals surface area (Å²) in [5, 5.41) is 8.82. The highest BCUT2D eigenvalue weighted by Gasteiger charge is 2.20. The molecule has 1 aromatic rings. The van der Waals surface area contributed by atoms with E-state index in [-0.39, 0.29) is 15.7 Å². The van der Waals surface area contributed by atoms with Crippen molar-refractivity contribution < 1.29 is 14.3 Å². The van der Waals surface area contributed by atoms with E-state index in [1.54, 1.807) is 13.8 Å². The van der Waals surface area contributed by atoms with Gasteiger partial charge in [-0.25, -0.2) is 9.18 Å². The van der Waals surface area contributed by atoms with Crippen LogP contribution in [0.3, 0.4) is 0 Å². The van der Waals surface area contributed by atoms with Crippen molar-refractivity contribution in [3.05, 3.63) is 27.0 Å². The molecule has 0 saturated heterocycles. The zero-order valence-electron chi connectivity index (χ0n) is 7.69. The predicted octanol–water partition coefficient (Wildman–Crippen LogP) is 2.49. The quantitative estimate of drug-likeness (QED) is 0.764. The van der Waals surface area contributed by atoms with E-state index in [0.29, 0.717) is 11.1 Å². The lowest BCUT2D eigenvalue weighted by atomic mass is 10.0.